The lowest BCUT2D eigenvalue weighted by Gasteiger charge is -2.35. The highest BCUT2D eigenvalue weighted by Gasteiger charge is 2.26. The highest BCUT2D eigenvalue weighted by Crippen LogP contribution is 2.18. The molecular formula is C10H20N2Si. The van der Waals surface area contributed by atoms with Crippen molar-refractivity contribution in [3.8, 4) is 6.07 Å². The standard InChI is InChI=1S/C10H20N2Si/c1-13(2,3)9-12-7-5-4-6-10(12)8-11/h10H,4-7,9H2,1-3H3. The minimum absolute atomic E-state index is 0.209. The van der Waals surface area contributed by atoms with E-state index in [1.807, 2.05) is 0 Å². The zero-order valence-corrected chi connectivity index (χ0v) is 10.0. The Morgan fingerprint density at radius 1 is 1.38 bits per heavy atom. The molecule has 3 heteroatoms. The molecule has 1 unspecified atom stereocenters. The molecule has 2 nitrogen and oxygen atoms in total. The summed E-state index contributed by atoms with van der Waals surface area (Å²) in [6.45, 7) is 8.25. The Balaban J connectivity index is 2.51. The maximum absolute atomic E-state index is 8.98. The fourth-order valence-electron chi connectivity index (χ4n) is 1.94. The molecule has 1 atom stereocenters. The summed E-state index contributed by atoms with van der Waals surface area (Å²) in [6.07, 6.45) is 4.79. The van der Waals surface area contributed by atoms with Crippen LogP contribution in [-0.2, 0) is 0 Å². The van der Waals surface area contributed by atoms with Gasteiger partial charge in [0.1, 0.15) is 0 Å². The van der Waals surface area contributed by atoms with Gasteiger partial charge in [-0.15, -0.1) is 0 Å². The second-order valence-electron chi connectivity index (χ2n) is 5.17. The van der Waals surface area contributed by atoms with Crippen LogP contribution in [0.25, 0.3) is 0 Å². The molecule has 1 heterocycles. The van der Waals surface area contributed by atoms with Crippen molar-refractivity contribution >= 4 is 8.07 Å². The fraction of sp³-hybridized carbons (Fsp3) is 0.900. The fourth-order valence-corrected chi connectivity index (χ4v) is 3.53. The minimum atomic E-state index is -1.03. The molecule has 1 aliphatic heterocycles. The first-order valence-corrected chi connectivity index (χ1v) is 8.87. The second-order valence-corrected chi connectivity index (χ2v) is 10.6. The zero-order valence-electron chi connectivity index (χ0n) is 9.01. The van der Waals surface area contributed by atoms with Gasteiger partial charge in [-0.25, -0.2) is 0 Å². The first-order valence-electron chi connectivity index (χ1n) is 5.16. The summed E-state index contributed by atoms with van der Waals surface area (Å²) in [5.41, 5.74) is 0. The molecule has 1 fully saturated rings. The summed E-state index contributed by atoms with van der Waals surface area (Å²) in [7, 11) is -1.03. The largest absolute Gasteiger partial charge is 0.291 e. The normalized spacial score (nSPS) is 25.5. The van der Waals surface area contributed by atoms with Crippen LogP contribution in [0.5, 0.6) is 0 Å². The lowest BCUT2D eigenvalue weighted by Crippen LogP contribution is -2.47. The van der Waals surface area contributed by atoms with E-state index in [1.165, 1.54) is 19.0 Å². The van der Waals surface area contributed by atoms with Gasteiger partial charge in [0.2, 0.25) is 0 Å². The highest BCUT2D eigenvalue weighted by atomic mass is 28.3. The molecule has 74 valence electrons. The SMILES string of the molecule is C[Si](C)(C)CN1CCCCC1C#N. The summed E-state index contributed by atoms with van der Waals surface area (Å²) >= 11 is 0. The molecule has 1 aliphatic rings. The molecule has 0 aliphatic carbocycles. The molecule has 0 aromatic heterocycles. The van der Waals surface area contributed by atoms with Crippen LogP contribution in [0.3, 0.4) is 0 Å². The third kappa shape index (κ3) is 3.49. The van der Waals surface area contributed by atoms with Gasteiger partial charge in [-0.3, -0.25) is 4.90 Å². The summed E-state index contributed by atoms with van der Waals surface area (Å²) in [5.74, 6) is 0. The smallest absolute Gasteiger partial charge is 0.0975 e. The summed E-state index contributed by atoms with van der Waals surface area (Å²) in [5, 5.41) is 8.98. The van der Waals surface area contributed by atoms with Crippen molar-refractivity contribution < 1.29 is 0 Å². The molecule has 1 saturated heterocycles. The lowest BCUT2D eigenvalue weighted by molar-refractivity contribution is 0.211. The first-order chi connectivity index (χ1) is 6.03. The van der Waals surface area contributed by atoms with Gasteiger partial charge in [0, 0.05) is 0 Å². The van der Waals surface area contributed by atoms with Crippen LogP contribution < -0.4 is 0 Å². The van der Waals surface area contributed by atoms with Crippen molar-refractivity contribution in [1.29, 1.82) is 5.26 Å². The van der Waals surface area contributed by atoms with E-state index in [-0.39, 0.29) is 6.04 Å². The first kappa shape index (κ1) is 10.7. The third-order valence-corrected chi connectivity index (χ3v) is 3.79. The number of nitriles is 1. The van der Waals surface area contributed by atoms with Gasteiger partial charge < -0.3 is 0 Å². The predicted octanol–water partition coefficient (Wildman–Crippen LogP) is 2.24. The number of likely N-dealkylation sites (tertiary alicyclic amines) is 1. The Labute approximate surface area is 82.6 Å². The van der Waals surface area contributed by atoms with Crippen LogP contribution >= 0.6 is 0 Å². The quantitative estimate of drug-likeness (QED) is 0.633. The van der Waals surface area contributed by atoms with Crippen molar-refractivity contribution in [2.45, 2.75) is 44.9 Å². The lowest BCUT2D eigenvalue weighted by atomic mass is 10.0. The van der Waals surface area contributed by atoms with E-state index in [1.54, 1.807) is 0 Å². The monoisotopic (exact) mass is 196 g/mol. The maximum Gasteiger partial charge on any atom is 0.0975 e. The van der Waals surface area contributed by atoms with Crippen molar-refractivity contribution in [2.24, 2.45) is 0 Å². The van der Waals surface area contributed by atoms with Crippen molar-refractivity contribution in [1.82, 2.24) is 4.90 Å². The average molecular weight is 196 g/mol. The molecule has 0 bridgehead atoms. The maximum atomic E-state index is 8.98. The van der Waals surface area contributed by atoms with E-state index in [0.29, 0.717) is 0 Å². The number of hydrogen-bond acceptors (Lipinski definition) is 2. The number of piperidine rings is 1. The molecular weight excluding hydrogens is 176 g/mol. The Morgan fingerprint density at radius 3 is 2.62 bits per heavy atom. The van der Waals surface area contributed by atoms with Gasteiger partial charge in [0.25, 0.3) is 0 Å². The van der Waals surface area contributed by atoms with Gasteiger partial charge >= 0.3 is 0 Å². The average Bonchev–Trinajstić information content (AvgIpc) is 2.02. The molecule has 0 saturated carbocycles. The molecule has 0 N–H and O–H groups in total. The van der Waals surface area contributed by atoms with Crippen LogP contribution in [0.4, 0.5) is 0 Å². The van der Waals surface area contributed by atoms with E-state index in [2.05, 4.69) is 30.6 Å². The molecule has 0 amide bonds. The van der Waals surface area contributed by atoms with E-state index < -0.39 is 8.07 Å². The Hall–Kier alpha value is -0.333. The second kappa shape index (κ2) is 4.25. The molecule has 0 aromatic rings. The molecule has 0 radical (unpaired) electrons. The summed E-state index contributed by atoms with van der Waals surface area (Å²) in [4.78, 5) is 2.40. The van der Waals surface area contributed by atoms with Gasteiger partial charge in [-0.05, 0) is 32.0 Å². The van der Waals surface area contributed by atoms with Crippen LogP contribution in [0.2, 0.25) is 19.6 Å². The van der Waals surface area contributed by atoms with Crippen molar-refractivity contribution in [2.75, 3.05) is 12.7 Å². The van der Waals surface area contributed by atoms with Crippen LogP contribution in [0, 0.1) is 11.3 Å². The van der Waals surface area contributed by atoms with Gasteiger partial charge in [0.05, 0.1) is 20.2 Å². The molecule has 13 heavy (non-hydrogen) atoms. The van der Waals surface area contributed by atoms with Crippen molar-refractivity contribution in [3.63, 3.8) is 0 Å². The highest BCUT2D eigenvalue weighted by molar-refractivity contribution is 6.76. The van der Waals surface area contributed by atoms with Crippen LogP contribution in [0.15, 0.2) is 0 Å². The molecule has 1 rings (SSSR count). The molecule has 0 spiro atoms. The number of nitrogens with zero attached hydrogens (tertiary/aromatic N) is 2. The Bertz CT molecular complexity index is 202. The number of rotatable bonds is 2. The number of hydrogen-bond donors (Lipinski definition) is 0. The van der Waals surface area contributed by atoms with E-state index >= 15 is 0 Å². The van der Waals surface area contributed by atoms with Crippen LogP contribution in [0.1, 0.15) is 19.3 Å². The Morgan fingerprint density at radius 2 is 2.08 bits per heavy atom. The summed E-state index contributed by atoms with van der Waals surface area (Å²) in [6, 6.07) is 2.63. The Kier molecular flexibility index (Phi) is 3.52. The van der Waals surface area contributed by atoms with Crippen molar-refractivity contribution in [3.05, 3.63) is 0 Å². The van der Waals surface area contributed by atoms with E-state index in [4.69, 9.17) is 5.26 Å². The molecule has 0 aromatic carbocycles. The third-order valence-electron chi connectivity index (χ3n) is 2.44. The van der Waals surface area contributed by atoms with Gasteiger partial charge in [0.15, 0.2) is 0 Å². The zero-order chi connectivity index (χ0) is 9.90. The van der Waals surface area contributed by atoms with Gasteiger partial charge in [-0.1, -0.05) is 19.6 Å². The topological polar surface area (TPSA) is 27.0 Å². The predicted molar refractivity (Wildman–Crippen MR) is 58.2 cm³/mol. The summed E-state index contributed by atoms with van der Waals surface area (Å²) < 4.78 is 0. The van der Waals surface area contributed by atoms with Crippen LogP contribution in [-0.4, -0.2) is 31.7 Å². The van der Waals surface area contributed by atoms with E-state index in [0.717, 1.165) is 13.0 Å². The minimum Gasteiger partial charge on any atom is -0.291 e. The van der Waals surface area contributed by atoms with E-state index in [9.17, 15) is 0 Å². The van der Waals surface area contributed by atoms with Gasteiger partial charge in [-0.2, -0.15) is 5.26 Å².